The van der Waals surface area contributed by atoms with Crippen LogP contribution in [0.1, 0.15) is 21.7 Å². The zero-order chi connectivity index (χ0) is 11.7. The highest BCUT2D eigenvalue weighted by Gasteiger charge is 2.12. The predicted molar refractivity (Wildman–Crippen MR) is 56.2 cm³/mol. The van der Waals surface area contributed by atoms with Crippen molar-refractivity contribution in [3.8, 4) is 0 Å². The Morgan fingerprint density at radius 3 is 2.81 bits per heavy atom. The van der Waals surface area contributed by atoms with Crippen molar-refractivity contribution in [3.63, 3.8) is 0 Å². The van der Waals surface area contributed by atoms with Crippen LogP contribution in [0, 0.1) is 6.92 Å². The van der Waals surface area contributed by atoms with Crippen LogP contribution in [0.15, 0.2) is 18.7 Å². The summed E-state index contributed by atoms with van der Waals surface area (Å²) in [5.41, 5.74) is 1.73. The molecule has 0 atom stereocenters. The summed E-state index contributed by atoms with van der Waals surface area (Å²) >= 11 is 0. The summed E-state index contributed by atoms with van der Waals surface area (Å²) in [6, 6.07) is 0. The van der Waals surface area contributed by atoms with Gasteiger partial charge in [0.05, 0.1) is 30.5 Å². The quantitative estimate of drug-likeness (QED) is 0.825. The summed E-state index contributed by atoms with van der Waals surface area (Å²) in [5, 5.41) is 13.0. The smallest absolute Gasteiger partial charge is 0.339 e. The van der Waals surface area contributed by atoms with Crippen molar-refractivity contribution in [2.45, 2.75) is 13.5 Å². The molecule has 16 heavy (non-hydrogen) atoms. The van der Waals surface area contributed by atoms with Crippen LogP contribution in [0.4, 0.5) is 0 Å². The minimum atomic E-state index is -0.950. The molecular formula is C10H12N4O2. The topological polar surface area (TPSA) is 72.9 Å². The Bertz CT molecular complexity index is 527. The van der Waals surface area contributed by atoms with Gasteiger partial charge in [0.25, 0.3) is 0 Å². The molecule has 0 aliphatic carbocycles. The normalized spacial score (nSPS) is 10.6. The lowest BCUT2D eigenvalue weighted by molar-refractivity contribution is 0.0696. The highest BCUT2D eigenvalue weighted by molar-refractivity contribution is 5.88. The summed E-state index contributed by atoms with van der Waals surface area (Å²) in [4.78, 5) is 14.8. The van der Waals surface area contributed by atoms with E-state index in [4.69, 9.17) is 5.11 Å². The lowest BCUT2D eigenvalue weighted by Crippen LogP contribution is -2.04. The Morgan fingerprint density at radius 1 is 1.56 bits per heavy atom. The van der Waals surface area contributed by atoms with Gasteiger partial charge in [0.15, 0.2) is 0 Å². The first-order valence-electron chi connectivity index (χ1n) is 4.80. The Hall–Kier alpha value is -2.11. The molecule has 0 spiro atoms. The molecule has 2 rings (SSSR count). The first-order valence-corrected chi connectivity index (χ1v) is 4.80. The second-order valence-corrected chi connectivity index (χ2v) is 3.63. The minimum Gasteiger partial charge on any atom is -0.478 e. The van der Waals surface area contributed by atoms with Crippen LogP contribution >= 0.6 is 0 Å². The van der Waals surface area contributed by atoms with E-state index in [2.05, 4.69) is 10.1 Å². The average Bonchev–Trinajstić information content (AvgIpc) is 2.75. The van der Waals surface area contributed by atoms with Crippen molar-refractivity contribution in [2.24, 2.45) is 7.05 Å². The molecule has 1 N–H and O–H groups in total. The van der Waals surface area contributed by atoms with Crippen molar-refractivity contribution in [1.29, 1.82) is 0 Å². The van der Waals surface area contributed by atoms with Crippen molar-refractivity contribution < 1.29 is 9.90 Å². The van der Waals surface area contributed by atoms with E-state index in [1.165, 1.54) is 6.20 Å². The molecule has 84 valence electrons. The Balaban J connectivity index is 2.26. The fraction of sp³-hybridized carbons (Fsp3) is 0.300. The van der Waals surface area contributed by atoms with Crippen LogP contribution in [0.5, 0.6) is 0 Å². The summed E-state index contributed by atoms with van der Waals surface area (Å²) in [5.74, 6) is -0.950. The van der Waals surface area contributed by atoms with Gasteiger partial charge in [-0.05, 0) is 6.92 Å². The first kappa shape index (κ1) is 10.4. The van der Waals surface area contributed by atoms with Gasteiger partial charge in [0, 0.05) is 13.2 Å². The third-order valence-corrected chi connectivity index (χ3v) is 2.42. The van der Waals surface area contributed by atoms with E-state index in [1.807, 2.05) is 11.6 Å². The van der Waals surface area contributed by atoms with Crippen molar-refractivity contribution >= 4 is 5.97 Å². The van der Waals surface area contributed by atoms with E-state index >= 15 is 0 Å². The maximum atomic E-state index is 10.8. The summed E-state index contributed by atoms with van der Waals surface area (Å²) in [6.45, 7) is 2.20. The third kappa shape index (κ3) is 1.81. The van der Waals surface area contributed by atoms with Gasteiger partial charge in [-0.15, -0.1) is 0 Å². The van der Waals surface area contributed by atoms with Gasteiger partial charge in [0.2, 0.25) is 0 Å². The number of carboxylic acids is 1. The second kappa shape index (κ2) is 3.80. The molecular weight excluding hydrogens is 208 g/mol. The van der Waals surface area contributed by atoms with Gasteiger partial charge >= 0.3 is 5.97 Å². The summed E-state index contributed by atoms with van der Waals surface area (Å²) in [6.07, 6.45) is 4.96. The van der Waals surface area contributed by atoms with E-state index in [1.54, 1.807) is 24.1 Å². The fourth-order valence-electron chi connectivity index (χ4n) is 1.51. The monoisotopic (exact) mass is 220 g/mol. The molecule has 2 aromatic rings. The van der Waals surface area contributed by atoms with E-state index in [0.717, 1.165) is 5.69 Å². The standard InChI is InChI=1S/C10H12N4O2/c1-7-9(10(15)16)5-14(12-7)4-8-3-11-6-13(8)2/h3,5-6H,4H2,1-2H3,(H,15,16). The number of aromatic nitrogens is 4. The van der Waals surface area contributed by atoms with E-state index in [9.17, 15) is 4.79 Å². The number of imidazole rings is 1. The van der Waals surface area contributed by atoms with E-state index in [-0.39, 0.29) is 5.56 Å². The number of nitrogens with zero attached hydrogens (tertiary/aromatic N) is 4. The number of rotatable bonds is 3. The molecule has 0 radical (unpaired) electrons. The highest BCUT2D eigenvalue weighted by atomic mass is 16.4. The molecule has 0 fully saturated rings. The number of aryl methyl sites for hydroxylation is 2. The van der Waals surface area contributed by atoms with E-state index < -0.39 is 5.97 Å². The Kier molecular flexibility index (Phi) is 2.47. The van der Waals surface area contributed by atoms with E-state index in [0.29, 0.717) is 12.2 Å². The van der Waals surface area contributed by atoms with Gasteiger partial charge in [-0.1, -0.05) is 0 Å². The zero-order valence-electron chi connectivity index (χ0n) is 9.08. The number of carbonyl (C=O) groups is 1. The van der Waals surface area contributed by atoms with Gasteiger partial charge in [-0.25, -0.2) is 9.78 Å². The largest absolute Gasteiger partial charge is 0.478 e. The number of carboxylic acid groups (broad SMARTS) is 1. The number of aromatic carboxylic acids is 1. The number of hydrogen-bond acceptors (Lipinski definition) is 3. The van der Waals surface area contributed by atoms with Gasteiger partial charge in [-0.3, -0.25) is 4.68 Å². The number of hydrogen-bond donors (Lipinski definition) is 1. The predicted octanol–water partition coefficient (Wildman–Crippen LogP) is 0.672. The third-order valence-electron chi connectivity index (χ3n) is 2.42. The van der Waals surface area contributed by atoms with Crippen LogP contribution < -0.4 is 0 Å². The van der Waals surface area contributed by atoms with Crippen LogP contribution in [0.2, 0.25) is 0 Å². The van der Waals surface area contributed by atoms with Gasteiger partial charge < -0.3 is 9.67 Å². The molecule has 0 saturated carbocycles. The molecule has 0 aliphatic heterocycles. The summed E-state index contributed by atoms with van der Waals surface area (Å²) in [7, 11) is 1.89. The lowest BCUT2D eigenvalue weighted by atomic mass is 10.3. The van der Waals surface area contributed by atoms with Crippen molar-refractivity contribution in [1.82, 2.24) is 19.3 Å². The Labute approximate surface area is 92.2 Å². The zero-order valence-corrected chi connectivity index (χ0v) is 9.08. The van der Waals surface area contributed by atoms with Crippen LogP contribution in [-0.2, 0) is 13.6 Å². The molecule has 0 aromatic carbocycles. The molecule has 0 bridgehead atoms. The molecule has 0 aliphatic rings. The molecule has 0 amide bonds. The maximum absolute atomic E-state index is 10.8. The Morgan fingerprint density at radius 2 is 2.31 bits per heavy atom. The SMILES string of the molecule is Cc1nn(Cc2cncn2C)cc1C(=O)O. The van der Waals surface area contributed by atoms with Gasteiger partial charge in [0.1, 0.15) is 5.56 Å². The minimum absolute atomic E-state index is 0.238. The molecule has 6 nitrogen and oxygen atoms in total. The van der Waals surface area contributed by atoms with Gasteiger partial charge in [-0.2, -0.15) is 5.10 Å². The van der Waals surface area contributed by atoms with Crippen LogP contribution in [0.25, 0.3) is 0 Å². The van der Waals surface area contributed by atoms with Crippen LogP contribution in [0.3, 0.4) is 0 Å². The molecule has 2 heterocycles. The first-order chi connectivity index (χ1) is 7.58. The lowest BCUT2D eigenvalue weighted by Gasteiger charge is -2.01. The second-order valence-electron chi connectivity index (χ2n) is 3.63. The maximum Gasteiger partial charge on any atom is 0.339 e. The highest BCUT2D eigenvalue weighted by Crippen LogP contribution is 2.07. The summed E-state index contributed by atoms with van der Waals surface area (Å²) < 4.78 is 3.48. The fourth-order valence-corrected chi connectivity index (χ4v) is 1.51. The molecule has 0 unspecified atom stereocenters. The van der Waals surface area contributed by atoms with Crippen molar-refractivity contribution in [3.05, 3.63) is 35.7 Å². The van der Waals surface area contributed by atoms with Crippen molar-refractivity contribution in [2.75, 3.05) is 0 Å². The molecule has 0 saturated heterocycles. The van der Waals surface area contributed by atoms with Crippen LogP contribution in [-0.4, -0.2) is 30.4 Å². The molecule has 6 heteroatoms. The molecule has 2 aromatic heterocycles. The average molecular weight is 220 g/mol.